The van der Waals surface area contributed by atoms with Gasteiger partial charge in [-0.2, -0.15) is 0 Å². The van der Waals surface area contributed by atoms with Crippen LogP contribution in [0.2, 0.25) is 0 Å². The average molecular weight is 342 g/mol. The maximum atomic E-state index is 12.0. The van der Waals surface area contributed by atoms with E-state index in [1.165, 1.54) is 6.42 Å². The molecule has 1 atom stereocenters. The molecule has 5 nitrogen and oxygen atoms in total. The van der Waals surface area contributed by atoms with Crippen molar-refractivity contribution in [2.75, 3.05) is 59.5 Å². The van der Waals surface area contributed by atoms with E-state index in [-0.39, 0.29) is 24.8 Å². The fourth-order valence-electron chi connectivity index (χ4n) is 2.85. The summed E-state index contributed by atoms with van der Waals surface area (Å²) in [7, 11) is 1.93. The summed E-state index contributed by atoms with van der Waals surface area (Å²) in [6, 6.07) is 0. The van der Waals surface area contributed by atoms with Crippen molar-refractivity contribution in [3.05, 3.63) is 0 Å². The molecule has 1 N–H and O–H groups in total. The fraction of sp³-hybridized carbons (Fsp3) is 0.929. The molecule has 0 saturated carbocycles. The smallest absolute Gasteiger partial charge is 0.222 e. The Hall–Kier alpha value is -0.0700. The van der Waals surface area contributed by atoms with E-state index in [1.54, 1.807) is 0 Å². The molecule has 0 aromatic carbocycles. The van der Waals surface area contributed by atoms with Gasteiger partial charge < -0.3 is 15.0 Å². The molecular weight excluding hydrogens is 313 g/mol. The van der Waals surface area contributed by atoms with Gasteiger partial charge in [-0.3, -0.25) is 9.69 Å². The summed E-state index contributed by atoms with van der Waals surface area (Å²) in [5, 5.41) is 3.08. The predicted molar refractivity (Wildman–Crippen MR) is 89.6 cm³/mol. The van der Waals surface area contributed by atoms with Crippen molar-refractivity contribution in [1.29, 1.82) is 0 Å². The minimum Gasteiger partial charge on any atom is -0.381 e. The van der Waals surface area contributed by atoms with Crippen molar-refractivity contribution in [3.8, 4) is 0 Å². The summed E-state index contributed by atoms with van der Waals surface area (Å²) in [5.74, 6) is 1.02. The summed E-state index contributed by atoms with van der Waals surface area (Å²) in [4.78, 5) is 16.5. The van der Waals surface area contributed by atoms with Crippen LogP contribution in [0.15, 0.2) is 0 Å². The maximum Gasteiger partial charge on any atom is 0.222 e. The first-order chi connectivity index (χ1) is 9.29. The number of nitrogens with zero attached hydrogens (tertiary/aromatic N) is 2. The normalized spacial score (nSPS) is 22.5. The first kappa shape index (κ1) is 20.9. The Bertz CT molecular complexity index is 281. The van der Waals surface area contributed by atoms with E-state index in [0.717, 1.165) is 58.9 Å². The zero-order valence-corrected chi connectivity index (χ0v) is 14.5. The fourth-order valence-corrected chi connectivity index (χ4v) is 2.85. The van der Waals surface area contributed by atoms with Crippen molar-refractivity contribution < 1.29 is 9.53 Å². The zero-order valence-electron chi connectivity index (χ0n) is 12.9. The highest BCUT2D eigenvalue weighted by molar-refractivity contribution is 5.85. The molecule has 1 amide bonds. The summed E-state index contributed by atoms with van der Waals surface area (Å²) in [6.45, 7) is 7.74. The van der Waals surface area contributed by atoms with E-state index in [2.05, 4.69) is 10.2 Å². The summed E-state index contributed by atoms with van der Waals surface area (Å²) in [6.07, 6.45) is 2.81. The Morgan fingerprint density at radius 2 is 1.95 bits per heavy atom. The standard InChI is InChI=1S/C14H27N3O2.2ClH/c1-15-5-2-3-14(18)17-8-6-16(7-9-17)11-13-4-10-19-12-13;;/h13,15H,2-12H2,1H3;2*1H. The van der Waals surface area contributed by atoms with E-state index in [9.17, 15) is 4.79 Å². The number of halogens is 2. The number of nitrogens with one attached hydrogen (secondary N) is 1. The van der Waals surface area contributed by atoms with Crippen molar-refractivity contribution in [2.24, 2.45) is 5.92 Å². The number of ether oxygens (including phenoxy) is 1. The van der Waals surface area contributed by atoms with Gasteiger partial charge in [0.1, 0.15) is 0 Å². The largest absolute Gasteiger partial charge is 0.381 e. The van der Waals surface area contributed by atoms with Gasteiger partial charge in [0, 0.05) is 45.8 Å². The van der Waals surface area contributed by atoms with E-state index < -0.39 is 0 Å². The van der Waals surface area contributed by atoms with Crippen molar-refractivity contribution >= 4 is 30.7 Å². The number of piperazine rings is 1. The number of carbonyl (C=O) groups is 1. The van der Waals surface area contributed by atoms with Crippen LogP contribution in [0.5, 0.6) is 0 Å². The molecule has 1 unspecified atom stereocenters. The lowest BCUT2D eigenvalue weighted by atomic mass is 10.1. The van der Waals surface area contributed by atoms with Gasteiger partial charge in [-0.1, -0.05) is 0 Å². The Kier molecular flexibility index (Phi) is 11.5. The molecule has 2 aliphatic rings. The van der Waals surface area contributed by atoms with Crippen LogP contribution in [-0.4, -0.2) is 75.2 Å². The van der Waals surface area contributed by atoms with Gasteiger partial charge in [0.2, 0.25) is 5.91 Å². The number of carbonyl (C=O) groups excluding carboxylic acids is 1. The molecule has 0 bridgehead atoms. The van der Waals surface area contributed by atoms with Crippen LogP contribution in [0.3, 0.4) is 0 Å². The summed E-state index contributed by atoms with van der Waals surface area (Å²) in [5.41, 5.74) is 0. The van der Waals surface area contributed by atoms with E-state index in [0.29, 0.717) is 18.2 Å². The van der Waals surface area contributed by atoms with E-state index in [1.807, 2.05) is 11.9 Å². The lowest BCUT2D eigenvalue weighted by molar-refractivity contribution is -0.133. The van der Waals surface area contributed by atoms with Gasteiger partial charge in [-0.15, -0.1) is 24.8 Å². The Morgan fingerprint density at radius 1 is 1.24 bits per heavy atom. The molecule has 7 heteroatoms. The third kappa shape index (κ3) is 7.15. The van der Waals surface area contributed by atoms with Gasteiger partial charge in [0.05, 0.1) is 6.61 Å². The van der Waals surface area contributed by atoms with Crippen LogP contribution in [0.1, 0.15) is 19.3 Å². The maximum absolute atomic E-state index is 12.0. The molecule has 0 aliphatic carbocycles. The highest BCUT2D eigenvalue weighted by Crippen LogP contribution is 2.15. The van der Waals surface area contributed by atoms with Crippen LogP contribution in [-0.2, 0) is 9.53 Å². The van der Waals surface area contributed by atoms with Gasteiger partial charge in [-0.05, 0) is 32.4 Å². The topological polar surface area (TPSA) is 44.8 Å². The summed E-state index contributed by atoms with van der Waals surface area (Å²) < 4.78 is 5.42. The van der Waals surface area contributed by atoms with Crippen molar-refractivity contribution in [1.82, 2.24) is 15.1 Å². The predicted octanol–water partition coefficient (Wildman–Crippen LogP) is 1.01. The number of hydrogen-bond acceptors (Lipinski definition) is 4. The highest BCUT2D eigenvalue weighted by atomic mass is 35.5. The second-order valence-electron chi connectivity index (χ2n) is 5.62. The Morgan fingerprint density at radius 3 is 2.52 bits per heavy atom. The third-order valence-corrected chi connectivity index (χ3v) is 4.08. The lowest BCUT2D eigenvalue weighted by Crippen LogP contribution is -2.49. The first-order valence-corrected chi connectivity index (χ1v) is 7.52. The Labute approximate surface area is 140 Å². The molecule has 2 heterocycles. The average Bonchev–Trinajstić information content (AvgIpc) is 2.93. The molecule has 126 valence electrons. The van der Waals surface area contributed by atoms with Crippen LogP contribution < -0.4 is 5.32 Å². The van der Waals surface area contributed by atoms with Gasteiger partial charge in [0.25, 0.3) is 0 Å². The van der Waals surface area contributed by atoms with Crippen LogP contribution in [0.25, 0.3) is 0 Å². The molecule has 2 fully saturated rings. The minimum absolute atomic E-state index is 0. The second-order valence-corrected chi connectivity index (χ2v) is 5.62. The molecule has 21 heavy (non-hydrogen) atoms. The molecule has 0 aromatic rings. The van der Waals surface area contributed by atoms with Gasteiger partial charge in [0.15, 0.2) is 0 Å². The second kappa shape index (κ2) is 11.5. The van der Waals surface area contributed by atoms with Crippen LogP contribution >= 0.6 is 24.8 Å². The van der Waals surface area contributed by atoms with Crippen LogP contribution in [0.4, 0.5) is 0 Å². The molecule has 2 aliphatic heterocycles. The molecule has 2 rings (SSSR count). The SMILES string of the molecule is CNCCCC(=O)N1CCN(CC2CCOC2)CC1.Cl.Cl. The van der Waals surface area contributed by atoms with Crippen molar-refractivity contribution in [3.63, 3.8) is 0 Å². The van der Waals surface area contributed by atoms with Crippen LogP contribution in [0, 0.1) is 5.92 Å². The molecule has 0 aromatic heterocycles. The number of amides is 1. The Balaban J connectivity index is 0.00000200. The third-order valence-electron chi connectivity index (χ3n) is 4.08. The number of rotatable bonds is 6. The monoisotopic (exact) mass is 341 g/mol. The summed E-state index contributed by atoms with van der Waals surface area (Å²) >= 11 is 0. The molecule has 0 spiro atoms. The van der Waals surface area contributed by atoms with E-state index >= 15 is 0 Å². The van der Waals surface area contributed by atoms with Gasteiger partial charge >= 0.3 is 0 Å². The zero-order chi connectivity index (χ0) is 13.5. The van der Waals surface area contributed by atoms with Crippen molar-refractivity contribution in [2.45, 2.75) is 19.3 Å². The molecule has 0 radical (unpaired) electrons. The lowest BCUT2D eigenvalue weighted by Gasteiger charge is -2.35. The quantitative estimate of drug-likeness (QED) is 0.732. The highest BCUT2D eigenvalue weighted by Gasteiger charge is 2.24. The molecular formula is C14H29Cl2N3O2. The van der Waals surface area contributed by atoms with Gasteiger partial charge in [-0.25, -0.2) is 0 Å². The minimum atomic E-state index is 0. The number of hydrogen-bond donors (Lipinski definition) is 1. The molecule has 2 saturated heterocycles. The first-order valence-electron chi connectivity index (χ1n) is 7.52. The van der Waals surface area contributed by atoms with E-state index in [4.69, 9.17) is 4.74 Å².